The molecule has 0 unspecified atom stereocenters. The average Bonchev–Trinajstić information content (AvgIpc) is 2.83. The maximum atomic E-state index is 14.7. The maximum Gasteiger partial charge on any atom is 0.211 e. The summed E-state index contributed by atoms with van der Waals surface area (Å²) in [5, 5.41) is 3.32. The third kappa shape index (κ3) is 3.50. The highest BCUT2D eigenvalue weighted by atomic mass is 19.2. The van der Waals surface area contributed by atoms with E-state index >= 15 is 0 Å². The van der Waals surface area contributed by atoms with E-state index in [1.165, 1.54) is 12.1 Å². The Morgan fingerprint density at radius 2 is 0.781 bits per heavy atom. The molecule has 0 aromatic heterocycles. The zero-order valence-electron chi connectivity index (χ0n) is 16.4. The number of ether oxygens (including phenoxy) is 2. The van der Waals surface area contributed by atoms with Gasteiger partial charge in [0.15, 0.2) is 0 Å². The zero-order valence-corrected chi connectivity index (χ0v) is 16.4. The maximum absolute atomic E-state index is 14.7. The fourth-order valence-corrected chi connectivity index (χ4v) is 3.47. The van der Waals surface area contributed by atoms with E-state index in [9.17, 15) is 17.6 Å². The van der Waals surface area contributed by atoms with Crippen LogP contribution in [-0.2, 0) is 0 Å². The molecule has 0 fully saturated rings. The third-order valence-electron chi connectivity index (χ3n) is 5.06. The highest BCUT2D eigenvalue weighted by Crippen LogP contribution is 2.42. The van der Waals surface area contributed by atoms with Crippen molar-refractivity contribution in [1.29, 1.82) is 0 Å². The van der Waals surface area contributed by atoms with Crippen molar-refractivity contribution in [2.24, 2.45) is 0 Å². The second kappa shape index (κ2) is 7.89. The van der Waals surface area contributed by atoms with E-state index in [1.807, 2.05) is 24.3 Å². The van der Waals surface area contributed by atoms with Gasteiger partial charge < -0.3 is 9.47 Å². The first-order valence-corrected chi connectivity index (χ1v) is 9.70. The molecule has 158 valence electrons. The summed E-state index contributed by atoms with van der Waals surface area (Å²) >= 11 is 0. The summed E-state index contributed by atoms with van der Waals surface area (Å²) in [6.45, 7) is 0. The molecule has 0 aliphatic carbocycles. The molecule has 0 heterocycles. The smallest absolute Gasteiger partial charge is 0.211 e. The summed E-state index contributed by atoms with van der Waals surface area (Å²) in [5.74, 6) is -8.89. The lowest BCUT2D eigenvalue weighted by molar-refractivity contribution is 0.330. The second-order valence-electron chi connectivity index (χ2n) is 7.14. The Balaban J connectivity index is 1.60. The summed E-state index contributed by atoms with van der Waals surface area (Å²) in [6, 6.07) is 24.3. The number of halogens is 4. The molecule has 0 bridgehead atoms. The van der Waals surface area contributed by atoms with Crippen molar-refractivity contribution in [3.8, 4) is 23.0 Å². The highest BCUT2D eigenvalue weighted by molar-refractivity contribution is 5.84. The molecule has 5 rings (SSSR count). The first-order chi connectivity index (χ1) is 15.5. The van der Waals surface area contributed by atoms with Gasteiger partial charge in [0.05, 0.1) is 0 Å². The van der Waals surface area contributed by atoms with Crippen LogP contribution >= 0.6 is 0 Å². The number of hydrogen-bond donors (Lipinski definition) is 0. The number of rotatable bonds is 4. The molecule has 32 heavy (non-hydrogen) atoms. The van der Waals surface area contributed by atoms with Gasteiger partial charge in [0.2, 0.25) is 34.8 Å². The van der Waals surface area contributed by atoms with Crippen LogP contribution in [0, 0.1) is 23.3 Å². The molecule has 5 aromatic rings. The Hall–Kier alpha value is -4.06. The molecule has 0 spiro atoms. The normalized spacial score (nSPS) is 11.1. The minimum Gasteiger partial charge on any atom is -0.450 e. The molecule has 0 saturated carbocycles. The van der Waals surface area contributed by atoms with Gasteiger partial charge >= 0.3 is 0 Å². The molecule has 6 heteroatoms. The molecule has 5 aromatic carbocycles. The fraction of sp³-hybridized carbons (Fsp3) is 0. The Labute approximate surface area is 180 Å². The fourth-order valence-electron chi connectivity index (χ4n) is 3.47. The Morgan fingerprint density at radius 3 is 1.19 bits per heavy atom. The number of benzene rings is 5. The SMILES string of the molecule is Fc1c(F)c(F)c(Oc2ccc3ccccc3c2)c(Oc2ccc3ccccc3c2)c1F. The third-order valence-corrected chi connectivity index (χ3v) is 5.06. The van der Waals surface area contributed by atoms with Crippen molar-refractivity contribution in [2.75, 3.05) is 0 Å². The quantitative estimate of drug-likeness (QED) is 0.161. The largest absolute Gasteiger partial charge is 0.450 e. The van der Waals surface area contributed by atoms with Gasteiger partial charge in [-0.2, -0.15) is 8.78 Å². The summed E-state index contributed by atoms with van der Waals surface area (Å²) in [6.07, 6.45) is 0. The summed E-state index contributed by atoms with van der Waals surface area (Å²) in [4.78, 5) is 0. The van der Waals surface area contributed by atoms with Crippen LogP contribution in [0.25, 0.3) is 21.5 Å². The van der Waals surface area contributed by atoms with Crippen LogP contribution in [0.15, 0.2) is 84.9 Å². The number of fused-ring (bicyclic) bond motifs is 2. The molecule has 0 radical (unpaired) electrons. The Kier molecular flexibility index (Phi) is 4.90. The molecule has 0 aliphatic heterocycles. The van der Waals surface area contributed by atoms with E-state index in [0.717, 1.165) is 21.5 Å². The van der Waals surface area contributed by atoms with Crippen molar-refractivity contribution in [2.45, 2.75) is 0 Å². The van der Waals surface area contributed by atoms with Crippen molar-refractivity contribution in [3.63, 3.8) is 0 Å². The summed E-state index contributed by atoms with van der Waals surface area (Å²) in [5.41, 5.74) is 0. The molecule has 0 atom stereocenters. The predicted molar refractivity (Wildman–Crippen MR) is 114 cm³/mol. The number of hydrogen-bond acceptors (Lipinski definition) is 2. The van der Waals surface area contributed by atoms with Gasteiger partial charge in [-0.25, -0.2) is 8.78 Å². The van der Waals surface area contributed by atoms with Gasteiger partial charge in [0, 0.05) is 0 Å². The van der Waals surface area contributed by atoms with E-state index < -0.39 is 34.8 Å². The molecule has 2 nitrogen and oxygen atoms in total. The van der Waals surface area contributed by atoms with Gasteiger partial charge in [-0.1, -0.05) is 60.7 Å². The van der Waals surface area contributed by atoms with Crippen molar-refractivity contribution in [3.05, 3.63) is 108 Å². The molecular formula is C26H14F4O2. The van der Waals surface area contributed by atoms with Gasteiger partial charge in [0.1, 0.15) is 11.5 Å². The first kappa shape index (κ1) is 19.9. The van der Waals surface area contributed by atoms with Crippen molar-refractivity contribution >= 4 is 21.5 Å². The lowest BCUT2D eigenvalue weighted by atomic mass is 10.1. The lowest BCUT2D eigenvalue weighted by Gasteiger charge is -2.15. The van der Waals surface area contributed by atoms with Crippen LogP contribution in [0.4, 0.5) is 17.6 Å². The van der Waals surface area contributed by atoms with Gasteiger partial charge in [-0.15, -0.1) is 0 Å². The highest BCUT2D eigenvalue weighted by Gasteiger charge is 2.29. The second-order valence-corrected chi connectivity index (χ2v) is 7.14. The molecule has 0 amide bonds. The minimum atomic E-state index is -1.98. The topological polar surface area (TPSA) is 18.5 Å². The Morgan fingerprint density at radius 1 is 0.406 bits per heavy atom. The van der Waals surface area contributed by atoms with Crippen LogP contribution in [0.1, 0.15) is 0 Å². The molecule has 0 saturated heterocycles. The van der Waals surface area contributed by atoms with Crippen molar-refractivity contribution < 1.29 is 27.0 Å². The molecule has 0 N–H and O–H groups in total. The van der Waals surface area contributed by atoms with E-state index in [0.29, 0.717) is 0 Å². The van der Waals surface area contributed by atoms with E-state index in [4.69, 9.17) is 9.47 Å². The van der Waals surface area contributed by atoms with E-state index in [-0.39, 0.29) is 11.5 Å². The van der Waals surface area contributed by atoms with Crippen LogP contribution in [0.2, 0.25) is 0 Å². The van der Waals surface area contributed by atoms with E-state index in [2.05, 4.69) is 0 Å². The standard InChI is InChI=1S/C26H14F4O2/c27-21-22(28)24(30)26(32-20-12-10-16-6-2-4-8-18(16)14-20)25(23(21)29)31-19-11-9-15-5-1-3-7-17(15)13-19/h1-14H. The minimum absolute atomic E-state index is 0.108. The van der Waals surface area contributed by atoms with Crippen LogP contribution in [0.5, 0.6) is 23.0 Å². The summed E-state index contributed by atoms with van der Waals surface area (Å²) < 4.78 is 68.3. The zero-order chi connectivity index (χ0) is 22.2. The van der Waals surface area contributed by atoms with E-state index in [1.54, 1.807) is 48.5 Å². The van der Waals surface area contributed by atoms with Crippen molar-refractivity contribution in [1.82, 2.24) is 0 Å². The van der Waals surface area contributed by atoms with Crippen LogP contribution in [0.3, 0.4) is 0 Å². The van der Waals surface area contributed by atoms with Gasteiger partial charge in [0.25, 0.3) is 0 Å². The van der Waals surface area contributed by atoms with Gasteiger partial charge in [-0.05, 0) is 45.8 Å². The lowest BCUT2D eigenvalue weighted by Crippen LogP contribution is -2.04. The van der Waals surface area contributed by atoms with Crippen LogP contribution < -0.4 is 9.47 Å². The molecular weight excluding hydrogens is 420 g/mol. The molecule has 0 aliphatic rings. The first-order valence-electron chi connectivity index (χ1n) is 9.70. The Bertz CT molecular complexity index is 1370. The predicted octanol–water partition coefficient (Wildman–Crippen LogP) is 8.13. The van der Waals surface area contributed by atoms with Crippen LogP contribution in [-0.4, -0.2) is 0 Å². The monoisotopic (exact) mass is 434 g/mol. The average molecular weight is 434 g/mol. The van der Waals surface area contributed by atoms with Gasteiger partial charge in [-0.3, -0.25) is 0 Å². The summed E-state index contributed by atoms with van der Waals surface area (Å²) in [7, 11) is 0.